The van der Waals surface area contributed by atoms with Crippen LogP contribution in [0.3, 0.4) is 0 Å². The minimum atomic E-state index is 0.323. The van der Waals surface area contributed by atoms with Crippen LogP contribution in [0.2, 0.25) is 0 Å². The Bertz CT molecular complexity index is 555. The molecule has 2 aromatic rings. The Hall–Kier alpha value is -1.97. The van der Waals surface area contributed by atoms with Crippen molar-refractivity contribution in [3.8, 4) is 0 Å². The van der Waals surface area contributed by atoms with Crippen LogP contribution in [0.4, 0.5) is 17.2 Å². The lowest BCUT2D eigenvalue weighted by atomic mass is 10.1. The van der Waals surface area contributed by atoms with Gasteiger partial charge in [-0.05, 0) is 30.5 Å². The summed E-state index contributed by atoms with van der Waals surface area (Å²) < 4.78 is 1.80. The van der Waals surface area contributed by atoms with Gasteiger partial charge >= 0.3 is 0 Å². The van der Waals surface area contributed by atoms with Crippen molar-refractivity contribution in [2.45, 2.75) is 26.7 Å². The SMILES string of the molecule is Cc1cccc(Nc2c(N)c(C(C)C)nn2C)c1. The zero-order valence-electron chi connectivity index (χ0n) is 11.4. The first-order valence-corrected chi connectivity index (χ1v) is 6.15. The standard InChI is InChI=1S/C14H20N4/c1-9(2)13-12(15)14(18(4)17-13)16-11-7-5-6-10(3)8-11/h5-9,16H,15H2,1-4H3. The van der Waals surface area contributed by atoms with E-state index in [1.807, 2.05) is 19.2 Å². The molecule has 0 spiro atoms. The molecular weight excluding hydrogens is 224 g/mol. The Morgan fingerprint density at radius 3 is 2.61 bits per heavy atom. The molecule has 4 heteroatoms. The number of aromatic nitrogens is 2. The normalized spacial score (nSPS) is 10.9. The topological polar surface area (TPSA) is 55.9 Å². The van der Waals surface area contributed by atoms with Gasteiger partial charge < -0.3 is 11.1 Å². The van der Waals surface area contributed by atoms with Crippen LogP contribution in [0, 0.1) is 6.92 Å². The predicted octanol–water partition coefficient (Wildman–Crippen LogP) is 3.18. The molecule has 0 atom stereocenters. The quantitative estimate of drug-likeness (QED) is 0.872. The molecule has 1 heterocycles. The molecule has 4 nitrogen and oxygen atoms in total. The maximum absolute atomic E-state index is 6.15. The average molecular weight is 244 g/mol. The summed E-state index contributed by atoms with van der Waals surface area (Å²) in [5, 5.41) is 7.79. The Balaban J connectivity index is 2.35. The zero-order valence-corrected chi connectivity index (χ0v) is 11.4. The maximum Gasteiger partial charge on any atom is 0.152 e. The Morgan fingerprint density at radius 2 is 2.06 bits per heavy atom. The first kappa shape index (κ1) is 12.5. The van der Waals surface area contributed by atoms with Gasteiger partial charge in [-0.2, -0.15) is 5.10 Å². The lowest BCUT2D eigenvalue weighted by Gasteiger charge is -2.08. The molecule has 1 aromatic carbocycles. The molecule has 0 aliphatic rings. The number of nitrogens with one attached hydrogen (secondary N) is 1. The average Bonchev–Trinajstić information content (AvgIpc) is 2.57. The summed E-state index contributed by atoms with van der Waals surface area (Å²) in [6, 6.07) is 8.20. The van der Waals surface area contributed by atoms with E-state index in [4.69, 9.17) is 5.73 Å². The molecule has 0 amide bonds. The van der Waals surface area contributed by atoms with Crippen molar-refractivity contribution in [2.24, 2.45) is 7.05 Å². The lowest BCUT2D eigenvalue weighted by Crippen LogP contribution is -2.01. The van der Waals surface area contributed by atoms with Crippen LogP contribution >= 0.6 is 0 Å². The van der Waals surface area contributed by atoms with Crippen molar-refractivity contribution in [2.75, 3.05) is 11.1 Å². The van der Waals surface area contributed by atoms with Crippen LogP contribution in [0.15, 0.2) is 24.3 Å². The molecule has 0 unspecified atom stereocenters. The number of nitrogen functional groups attached to an aromatic ring is 1. The van der Waals surface area contributed by atoms with E-state index in [9.17, 15) is 0 Å². The fraction of sp³-hybridized carbons (Fsp3) is 0.357. The largest absolute Gasteiger partial charge is 0.394 e. The number of anilines is 3. The Labute approximate surface area is 108 Å². The van der Waals surface area contributed by atoms with Crippen molar-refractivity contribution in [1.82, 2.24) is 9.78 Å². The summed E-state index contributed by atoms with van der Waals surface area (Å²) in [7, 11) is 1.90. The first-order chi connectivity index (χ1) is 8.49. The molecule has 0 aliphatic heterocycles. The molecule has 0 fully saturated rings. The maximum atomic E-state index is 6.15. The fourth-order valence-corrected chi connectivity index (χ4v) is 2.00. The molecule has 18 heavy (non-hydrogen) atoms. The number of hydrogen-bond acceptors (Lipinski definition) is 3. The van der Waals surface area contributed by atoms with Crippen LogP contribution in [-0.4, -0.2) is 9.78 Å². The molecule has 0 aliphatic carbocycles. The van der Waals surface area contributed by atoms with Gasteiger partial charge in [0.1, 0.15) is 0 Å². The summed E-state index contributed by atoms with van der Waals surface area (Å²) >= 11 is 0. The summed E-state index contributed by atoms with van der Waals surface area (Å²) in [4.78, 5) is 0. The molecule has 1 aromatic heterocycles. The van der Waals surface area contributed by atoms with Gasteiger partial charge in [0.05, 0.1) is 11.4 Å². The molecule has 2 rings (SSSR count). The molecule has 0 saturated carbocycles. The molecule has 0 bridgehead atoms. The number of aryl methyl sites for hydroxylation is 2. The van der Waals surface area contributed by atoms with Gasteiger partial charge in [-0.1, -0.05) is 26.0 Å². The van der Waals surface area contributed by atoms with E-state index in [0.29, 0.717) is 5.92 Å². The van der Waals surface area contributed by atoms with Crippen molar-refractivity contribution in [3.05, 3.63) is 35.5 Å². The van der Waals surface area contributed by atoms with Gasteiger partial charge in [-0.3, -0.25) is 4.68 Å². The molecule has 0 saturated heterocycles. The van der Waals surface area contributed by atoms with E-state index in [2.05, 4.69) is 43.3 Å². The van der Waals surface area contributed by atoms with Gasteiger partial charge in [0.25, 0.3) is 0 Å². The van der Waals surface area contributed by atoms with E-state index in [0.717, 1.165) is 22.9 Å². The monoisotopic (exact) mass is 244 g/mol. The summed E-state index contributed by atoms with van der Waals surface area (Å²) in [5.41, 5.74) is 10.1. The third-order valence-electron chi connectivity index (χ3n) is 2.94. The molecule has 96 valence electrons. The van der Waals surface area contributed by atoms with E-state index >= 15 is 0 Å². The molecule has 3 N–H and O–H groups in total. The fourth-order valence-electron chi connectivity index (χ4n) is 2.00. The first-order valence-electron chi connectivity index (χ1n) is 6.15. The van der Waals surface area contributed by atoms with Crippen LogP contribution in [0.25, 0.3) is 0 Å². The van der Waals surface area contributed by atoms with Gasteiger partial charge in [-0.15, -0.1) is 0 Å². The second-order valence-corrected chi connectivity index (χ2v) is 4.92. The Morgan fingerprint density at radius 1 is 1.33 bits per heavy atom. The van der Waals surface area contributed by atoms with Crippen molar-refractivity contribution >= 4 is 17.2 Å². The number of benzene rings is 1. The number of nitrogens with zero attached hydrogens (tertiary/aromatic N) is 2. The minimum absolute atomic E-state index is 0.323. The lowest BCUT2D eigenvalue weighted by molar-refractivity contribution is 0.718. The van der Waals surface area contributed by atoms with Gasteiger partial charge in [0, 0.05) is 12.7 Å². The van der Waals surface area contributed by atoms with E-state index in [1.54, 1.807) is 4.68 Å². The van der Waals surface area contributed by atoms with Gasteiger partial charge in [-0.25, -0.2) is 0 Å². The second-order valence-electron chi connectivity index (χ2n) is 4.92. The van der Waals surface area contributed by atoms with E-state index < -0.39 is 0 Å². The van der Waals surface area contributed by atoms with E-state index in [1.165, 1.54) is 5.56 Å². The smallest absolute Gasteiger partial charge is 0.152 e. The number of rotatable bonds is 3. The molecule has 0 radical (unpaired) electrons. The summed E-state index contributed by atoms with van der Waals surface area (Å²) in [6.45, 7) is 6.25. The number of hydrogen-bond donors (Lipinski definition) is 2. The minimum Gasteiger partial charge on any atom is -0.394 e. The van der Waals surface area contributed by atoms with Crippen LogP contribution < -0.4 is 11.1 Å². The van der Waals surface area contributed by atoms with Crippen molar-refractivity contribution in [3.63, 3.8) is 0 Å². The Kier molecular flexibility index (Phi) is 3.28. The van der Waals surface area contributed by atoms with Crippen LogP contribution in [0.1, 0.15) is 31.0 Å². The highest BCUT2D eigenvalue weighted by Crippen LogP contribution is 2.30. The second kappa shape index (κ2) is 4.72. The number of nitrogens with two attached hydrogens (primary N) is 1. The summed E-state index contributed by atoms with van der Waals surface area (Å²) in [5.74, 6) is 1.17. The van der Waals surface area contributed by atoms with Gasteiger partial charge in [0.15, 0.2) is 5.82 Å². The molecular formula is C14H20N4. The van der Waals surface area contributed by atoms with Crippen LogP contribution in [-0.2, 0) is 7.05 Å². The van der Waals surface area contributed by atoms with Gasteiger partial charge in [0.2, 0.25) is 0 Å². The van der Waals surface area contributed by atoms with E-state index in [-0.39, 0.29) is 0 Å². The third-order valence-corrected chi connectivity index (χ3v) is 2.94. The van der Waals surface area contributed by atoms with Crippen LogP contribution in [0.5, 0.6) is 0 Å². The zero-order chi connectivity index (χ0) is 13.3. The van der Waals surface area contributed by atoms with Crippen molar-refractivity contribution < 1.29 is 0 Å². The highest BCUT2D eigenvalue weighted by atomic mass is 15.3. The summed E-state index contributed by atoms with van der Waals surface area (Å²) in [6.07, 6.45) is 0. The highest BCUT2D eigenvalue weighted by molar-refractivity contribution is 5.71. The van der Waals surface area contributed by atoms with Crippen molar-refractivity contribution in [1.29, 1.82) is 0 Å². The highest BCUT2D eigenvalue weighted by Gasteiger charge is 2.15. The predicted molar refractivity (Wildman–Crippen MR) is 76.2 cm³/mol. The third kappa shape index (κ3) is 2.32.